The van der Waals surface area contributed by atoms with Gasteiger partial charge in [0.1, 0.15) is 0 Å². The number of aliphatic hydroxyl groups excluding tert-OH is 1. The van der Waals surface area contributed by atoms with E-state index in [-0.39, 0.29) is 17.5 Å². The summed E-state index contributed by atoms with van der Waals surface area (Å²) < 4.78 is 5.53. The van der Waals surface area contributed by atoms with Gasteiger partial charge in [0.2, 0.25) is 0 Å². The van der Waals surface area contributed by atoms with Crippen LogP contribution in [0.3, 0.4) is 0 Å². The van der Waals surface area contributed by atoms with E-state index in [0.717, 1.165) is 16.5 Å². The van der Waals surface area contributed by atoms with Crippen molar-refractivity contribution in [1.29, 1.82) is 0 Å². The molecule has 1 atom stereocenters. The minimum absolute atomic E-state index is 0.115. The minimum atomic E-state index is -0.363. The number of benzene rings is 1. The zero-order chi connectivity index (χ0) is 16.0. The Labute approximate surface area is 135 Å². The fraction of sp³-hybridized carbons (Fsp3) is 0.562. The number of hydrogen-bond acceptors (Lipinski definition) is 4. The van der Waals surface area contributed by atoms with Crippen LogP contribution >= 0.6 is 15.9 Å². The highest BCUT2D eigenvalue weighted by Gasteiger charge is 2.16. The molecule has 0 fully saturated rings. The van der Waals surface area contributed by atoms with E-state index in [1.54, 1.807) is 12.1 Å². The number of carbonyl (C=O) groups is 1. The smallest absolute Gasteiger partial charge is 0.337 e. The fourth-order valence-electron chi connectivity index (χ4n) is 2.09. The highest BCUT2D eigenvalue weighted by molar-refractivity contribution is 9.10. The summed E-state index contributed by atoms with van der Waals surface area (Å²) in [6.45, 7) is 7.50. The van der Waals surface area contributed by atoms with Gasteiger partial charge in [0.05, 0.1) is 18.8 Å². The van der Waals surface area contributed by atoms with E-state index in [1.165, 1.54) is 7.11 Å². The molecule has 5 heteroatoms. The number of halogens is 1. The number of carbonyl (C=O) groups excluding carboxylic acids is 1. The highest BCUT2D eigenvalue weighted by Crippen LogP contribution is 2.21. The third-order valence-corrected chi connectivity index (χ3v) is 3.76. The van der Waals surface area contributed by atoms with E-state index in [9.17, 15) is 9.90 Å². The van der Waals surface area contributed by atoms with Crippen LogP contribution in [-0.4, -0.2) is 30.8 Å². The van der Waals surface area contributed by atoms with Crippen LogP contribution in [0.2, 0.25) is 0 Å². The van der Waals surface area contributed by atoms with Gasteiger partial charge in [-0.15, -0.1) is 0 Å². The van der Waals surface area contributed by atoms with Crippen LogP contribution in [-0.2, 0) is 11.3 Å². The van der Waals surface area contributed by atoms with Crippen molar-refractivity contribution in [3.63, 3.8) is 0 Å². The molecule has 0 aliphatic heterocycles. The van der Waals surface area contributed by atoms with Gasteiger partial charge in [-0.2, -0.15) is 0 Å². The topological polar surface area (TPSA) is 58.6 Å². The SMILES string of the molecule is COC(=O)c1ccc(CNCC(O)CC(C)(C)C)c(Br)c1. The summed E-state index contributed by atoms with van der Waals surface area (Å²) in [4.78, 5) is 11.4. The quantitative estimate of drug-likeness (QED) is 0.768. The zero-order valence-electron chi connectivity index (χ0n) is 13.1. The van der Waals surface area contributed by atoms with Crippen molar-refractivity contribution in [2.24, 2.45) is 5.41 Å². The summed E-state index contributed by atoms with van der Waals surface area (Å²) in [5.74, 6) is -0.351. The third-order valence-electron chi connectivity index (χ3n) is 3.02. The fourth-order valence-corrected chi connectivity index (χ4v) is 2.61. The Kier molecular flexibility index (Phi) is 6.84. The Balaban J connectivity index is 2.51. The number of esters is 1. The molecule has 1 aromatic rings. The first-order chi connectivity index (χ1) is 9.73. The van der Waals surface area contributed by atoms with Crippen LogP contribution in [0.15, 0.2) is 22.7 Å². The maximum atomic E-state index is 11.4. The molecule has 0 aliphatic rings. The molecule has 2 N–H and O–H groups in total. The van der Waals surface area contributed by atoms with E-state index in [2.05, 4.69) is 46.8 Å². The van der Waals surface area contributed by atoms with Crippen LogP contribution in [0, 0.1) is 5.41 Å². The van der Waals surface area contributed by atoms with E-state index in [0.29, 0.717) is 18.7 Å². The van der Waals surface area contributed by atoms with Gasteiger partial charge in [0.25, 0.3) is 0 Å². The van der Waals surface area contributed by atoms with Crippen molar-refractivity contribution in [1.82, 2.24) is 5.32 Å². The van der Waals surface area contributed by atoms with Gasteiger partial charge in [-0.25, -0.2) is 4.79 Å². The average molecular weight is 358 g/mol. The van der Waals surface area contributed by atoms with E-state index < -0.39 is 0 Å². The first kappa shape index (κ1) is 18.1. The molecule has 0 radical (unpaired) electrons. The second-order valence-corrected chi connectivity index (χ2v) is 7.20. The van der Waals surface area contributed by atoms with E-state index >= 15 is 0 Å². The van der Waals surface area contributed by atoms with E-state index in [1.807, 2.05) is 6.07 Å². The number of nitrogens with one attached hydrogen (secondary N) is 1. The summed E-state index contributed by atoms with van der Waals surface area (Å²) in [6, 6.07) is 5.35. The number of rotatable bonds is 6. The third kappa shape index (κ3) is 6.59. The van der Waals surface area contributed by atoms with Gasteiger partial charge in [-0.05, 0) is 29.5 Å². The Morgan fingerprint density at radius 1 is 1.43 bits per heavy atom. The number of aliphatic hydroxyl groups is 1. The number of hydrogen-bond donors (Lipinski definition) is 2. The molecule has 4 nitrogen and oxygen atoms in total. The molecular weight excluding hydrogens is 334 g/mol. The van der Waals surface area contributed by atoms with Crippen molar-refractivity contribution in [3.05, 3.63) is 33.8 Å². The summed E-state index contributed by atoms with van der Waals surface area (Å²) in [6.07, 6.45) is 0.390. The summed E-state index contributed by atoms with van der Waals surface area (Å²) in [7, 11) is 1.36. The number of ether oxygens (including phenoxy) is 1. The van der Waals surface area contributed by atoms with Gasteiger partial charge in [-0.3, -0.25) is 0 Å². The molecule has 0 heterocycles. The Hall–Kier alpha value is -0.910. The Bertz CT molecular complexity index is 483. The minimum Gasteiger partial charge on any atom is -0.465 e. The maximum absolute atomic E-state index is 11.4. The van der Waals surface area contributed by atoms with Crippen LogP contribution in [0.25, 0.3) is 0 Å². The maximum Gasteiger partial charge on any atom is 0.337 e. The normalized spacial score (nSPS) is 13.0. The van der Waals surface area contributed by atoms with Gasteiger partial charge in [0, 0.05) is 17.6 Å². The van der Waals surface area contributed by atoms with Crippen molar-refractivity contribution in [2.45, 2.75) is 39.8 Å². The molecule has 0 aromatic heterocycles. The lowest BCUT2D eigenvalue weighted by molar-refractivity contribution is 0.0600. The standard InChI is InChI=1S/C16H24BrNO3/c1-16(2,3)8-13(19)10-18-9-12-6-5-11(7-14(12)17)15(20)21-4/h5-7,13,18-19H,8-10H2,1-4H3. The molecule has 0 saturated heterocycles. The molecule has 1 unspecified atom stereocenters. The van der Waals surface area contributed by atoms with E-state index in [4.69, 9.17) is 0 Å². The summed E-state index contributed by atoms with van der Waals surface area (Å²) in [5.41, 5.74) is 1.66. The molecule has 118 valence electrons. The first-order valence-corrected chi connectivity index (χ1v) is 7.78. The molecular formula is C16H24BrNO3. The second-order valence-electron chi connectivity index (χ2n) is 6.35. The van der Waals surface area contributed by atoms with Crippen LogP contribution in [0.1, 0.15) is 43.1 Å². The molecule has 0 bridgehead atoms. The predicted molar refractivity (Wildman–Crippen MR) is 87.3 cm³/mol. The zero-order valence-corrected chi connectivity index (χ0v) is 14.7. The van der Waals surface area contributed by atoms with Crippen molar-refractivity contribution < 1.29 is 14.6 Å². The molecule has 1 aromatic carbocycles. The van der Waals surface area contributed by atoms with Gasteiger partial charge < -0.3 is 15.2 Å². The van der Waals surface area contributed by atoms with Crippen LogP contribution < -0.4 is 5.32 Å². The lowest BCUT2D eigenvalue weighted by atomic mass is 9.89. The monoisotopic (exact) mass is 357 g/mol. The lowest BCUT2D eigenvalue weighted by Gasteiger charge is -2.22. The van der Waals surface area contributed by atoms with Crippen molar-refractivity contribution >= 4 is 21.9 Å². The Morgan fingerprint density at radius 2 is 2.10 bits per heavy atom. The van der Waals surface area contributed by atoms with Crippen molar-refractivity contribution in [2.75, 3.05) is 13.7 Å². The van der Waals surface area contributed by atoms with Crippen molar-refractivity contribution in [3.8, 4) is 0 Å². The second kappa shape index (κ2) is 7.92. The largest absolute Gasteiger partial charge is 0.465 e. The molecule has 0 aliphatic carbocycles. The lowest BCUT2D eigenvalue weighted by Crippen LogP contribution is -2.29. The number of methoxy groups -OCH3 is 1. The molecule has 1 rings (SSSR count). The average Bonchev–Trinajstić information content (AvgIpc) is 2.37. The molecule has 0 saturated carbocycles. The van der Waals surface area contributed by atoms with Gasteiger partial charge >= 0.3 is 5.97 Å². The van der Waals surface area contributed by atoms with Crippen LogP contribution in [0.4, 0.5) is 0 Å². The van der Waals surface area contributed by atoms with Crippen LogP contribution in [0.5, 0.6) is 0 Å². The predicted octanol–water partition coefficient (Wildman–Crippen LogP) is 3.12. The summed E-state index contributed by atoms with van der Waals surface area (Å²) >= 11 is 3.45. The molecule has 0 amide bonds. The Morgan fingerprint density at radius 3 is 2.62 bits per heavy atom. The van der Waals surface area contributed by atoms with Gasteiger partial charge in [0.15, 0.2) is 0 Å². The highest BCUT2D eigenvalue weighted by atomic mass is 79.9. The van der Waals surface area contributed by atoms with Gasteiger partial charge in [-0.1, -0.05) is 42.8 Å². The molecule has 0 spiro atoms. The summed E-state index contributed by atoms with van der Waals surface area (Å²) in [5, 5.41) is 13.2. The molecule has 21 heavy (non-hydrogen) atoms. The first-order valence-electron chi connectivity index (χ1n) is 6.98.